The van der Waals surface area contributed by atoms with Crippen LogP contribution in [0, 0.1) is 11.8 Å². The van der Waals surface area contributed by atoms with Crippen molar-refractivity contribution in [3.8, 4) is 5.75 Å². The molecule has 2 aliphatic rings. The molecule has 0 bridgehead atoms. The Labute approximate surface area is 145 Å². The van der Waals surface area contributed by atoms with Crippen LogP contribution in [0.25, 0.3) is 0 Å². The molecule has 23 heavy (non-hydrogen) atoms. The van der Waals surface area contributed by atoms with Crippen LogP contribution >= 0.6 is 12.4 Å². The summed E-state index contributed by atoms with van der Waals surface area (Å²) in [6.45, 7) is 5.86. The Balaban J connectivity index is 0.00000192. The van der Waals surface area contributed by atoms with Crippen LogP contribution < -0.4 is 10.1 Å². The van der Waals surface area contributed by atoms with E-state index >= 15 is 0 Å². The lowest BCUT2D eigenvalue weighted by Crippen LogP contribution is -2.51. The van der Waals surface area contributed by atoms with Gasteiger partial charge in [0.05, 0.1) is 7.11 Å². The molecule has 3 rings (SSSR count). The minimum atomic E-state index is 0. The van der Waals surface area contributed by atoms with Crippen LogP contribution in [0.5, 0.6) is 5.75 Å². The van der Waals surface area contributed by atoms with Crippen molar-refractivity contribution < 1.29 is 9.53 Å². The Morgan fingerprint density at radius 2 is 1.83 bits per heavy atom. The normalized spacial score (nSPS) is 20.3. The molecule has 1 aromatic rings. The third-order valence-electron chi connectivity index (χ3n) is 5.30. The Morgan fingerprint density at radius 3 is 2.30 bits per heavy atom. The molecule has 0 aromatic heterocycles. The maximum Gasteiger partial charge on any atom is 0.225 e. The lowest BCUT2D eigenvalue weighted by atomic mass is 9.85. The van der Waals surface area contributed by atoms with Crippen LogP contribution in [0.15, 0.2) is 24.3 Å². The molecule has 0 saturated carbocycles. The number of hydrogen-bond donors (Lipinski definition) is 1. The number of ether oxygens (including phenoxy) is 1. The first-order chi connectivity index (χ1) is 10.7. The first-order valence-corrected chi connectivity index (χ1v) is 8.32. The van der Waals surface area contributed by atoms with Crippen molar-refractivity contribution in [2.75, 3.05) is 33.3 Å². The number of methoxy groups -OCH3 is 1. The zero-order chi connectivity index (χ0) is 15.5. The monoisotopic (exact) mass is 338 g/mol. The molecule has 2 aliphatic heterocycles. The summed E-state index contributed by atoms with van der Waals surface area (Å²) < 4.78 is 5.21. The highest BCUT2D eigenvalue weighted by Gasteiger charge is 2.33. The highest BCUT2D eigenvalue weighted by atomic mass is 35.5. The summed E-state index contributed by atoms with van der Waals surface area (Å²) in [5.74, 6) is 2.51. The van der Waals surface area contributed by atoms with Crippen molar-refractivity contribution in [2.24, 2.45) is 11.8 Å². The van der Waals surface area contributed by atoms with Crippen molar-refractivity contribution in [1.29, 1.82) is 0 Å². The maximum absolute atomic E-state index is 12.5. The fourth-order valence-corrected chi connectivity index (χ4v) is 3.46. The van der Waals surface area contributed by atoms with Crippen LogP contribution in [-0.4, -0.2) is 44.1 Å². The number of piperidine rings is 1. The number of amides is 1. The second-order valence-electron chi connectivity index (χ2n) is 6.58. The largest absolute Gasteiger partial charge is 0.497 e. The van der Waals surface area contributed by atoms with E-state index in [1.165, 1.54) is 5.56 Å². The molecule has 2 saturated heterocycles. The van der Waals surface area contributed by atoms with Gasteiger partial charge < -0.3 is 15.0 Å². The molecular formula is C18H27ClN2O2. The van der Waals surface area contributed by atoms with Crippen LogP contribution in [0.3, 0.4) is 0 Å². The first kappa shape index (κ1) is 18.1. The molecule has 4 nitrogen and oxygen atoms in total. The molecule has 1 atom stereocenters. The molecule has 0 spiro atoms. The molecule has 1 N–H and O–H groups in total. The van der Waals surface area contributed by atoms with Crippen LogP contribution in [-0.2, 0) is 4.79 Å². The van der Waals surface area contributed by atoms with E-state index in [0.29, 0.717) is 17.7 Å². The number of nitrogens with zero attached hydrogens (tertiary/aromatic N) is 1. The van der Waals surface area contributed by atoms with Crippen molar-refractivity contribution in [2.45, 2.75) is 25.7 Å². The van der Waals surface area contributed by atoms with Gasteiger partial charge in [-0.05, 0) is 55.5 Å². The SMILES string of the molecule is COc1ccc(C2CCN(C(=O)C(C)C3CNC3)CC2)cc1.Cl. The average molecular weight is 339 g/mol. The van der Waals surface area contributed by atoms with Gasteiger partial charge in [0.25, 0.3) is 0 Å². The van der Waals surface area contributed by atoms with E-state index in [9.17, 15) is 4.79 Å². The predicted octanol–water partition coefficient (Wildman–Crippen LogP) is 2.68. The molecule has 1 aromatic carbocycles. The summed E-state index contributed by atoms with van der Waals surface area (Å²) in [4.78, 5) is 14.6. The molecule has 128 valence electrons. The van der Waals surface area contributed by atoms with Crippen LogP contribution in [0.4, 0.5) is 0 Å². The molecular weight excluding hydrogens is 312 g/mol. The molecule has 0 radical (unpaired) electrons. The topological polar surface area (TPSA) is 41.6 Å². The number of carbonyl (C=O) groups excluding carboxylic acids is 1. The number of hydrogen-bond acceptors (Lipinski definition) is 3. The maximum atomic E-state index is 12.5. The summed E-state index contributed by atoms with van der Waals surface area (Å²) in [7, 11) is 1.69. The molecule has 0 aliphatic carbocycles. The van der Waals surface area contributed by atoms with Crippen molar-refractivity contribution in [3.63, 3.8) is 0 Å². The number of nitrogens with one attached hydrogen (secondary N) is 1. The van der Waals surface area contributed by atoms with Crippen molar-refractivity contribution in [3.05, 3.63) is 29.8 Å². The molecule has 2 heterocycles. The number of likely N-dealkylation sites (tertiary alicyclic amines) is 1. The van der Waals surface area contributed by atoms with Gasteiger partial charge in [-0.3, -0.25) is 4.79 Å². The van der Waals surface area contributed by atoms with Gasteiger partial charge in [-0.1, -0.05) is 19.1 Å². The highest BCUT2D eigenvalue weighted by molar-refractivity contribution is 5.85. The van der Waals surface area contributed by atoms with E-state index in [1.807, 2.05) is 12.1 Å². The predicted molar refractivity (Wildman–Crippen MR) is 94.3 cm³/mol. The third kappa shape index (κ3) is 3.99. The Hall–Kier alpha value is -1.26. The Bertz CT molecular complexity index is 508. The standard InChI is InChI=1S/C18H26N2O2.ClH/c1-13(16-11-19-12-16)18(21)20-9-7-15(8-10-20)14-3-5-17(22-2)6-4-14;/h3-6,13,15-16,19H,7-12H2,1-2H3;1H. The van der Waals surface area contributed by atoms with E-state index in [2.05, 4.69) is 29.3 Å². The summed E-state index contributed by atoms with van der Waals surface area (Å²) in [5, 5.41) is 3.26. The minimum Gasteiger partial charge on any atom is -0.497 e. The van der Waals surface area contributed by atoms with Gasteiger partial charge in [-0.25, -0.2) is 0 Å². The van der Waals surface area contributed by atoms with Crippen molar-refractivity contribution >= 4 is 18.3 Å². The van der Waals surface area contributed by atoms with E-state index in [4.69, 9.17) is 4.74 Å². The number of rotatable bonds is 4. The fourth-order valence-electron chi connectivity index (χ4n) is 3.46. The lowest BCUT2D eigenvalue weighted by molar-refractivity contribution is -0.138. The zero-order valence-electron chi connectivity index (χ0n) is 14.0. The van der Waals surface area contributed by atoms with Gasteiger partial charge in [0, 0.05) is 19.0 Å². The van der Waals surface area contributed by atoms with Gasteiger partial charge in [0.15, 0.2) is 0 Å². The Morgan fingerprint density at radius 1 is 1.22 bits per heavy atom. The van der Waals surface area contributed by atoms with E-state index in [-0.39, 0.29) is 18.3 Å². The second kappa shape index (κ2) is 8.02. The smallest absolute Gasteiger partial charge is 0.225 e. The van der Waals surface area contributed by atoms with Gasteiger partial charge in [-0.15, -0.1) is 12.4 Å². The summed E-state index contributed by atoms with van der Waals surface area (Å²) in [5.41, 5.74) is 1.36. The van der Waals surface area contributed by atoms with Gasteiger partial charge >= 0.3 is 0 Å². The number of carbonyl (C=O) groups is 1. The average Bonchev–Trinajstić information content (AvgIpc) is 2.53. The molecule has 2 fully saturated rings. The van der Waals surface area contributed by atoms with Gasteiger partial charge in [-0.2, -0.15) is 0 Å². The quantitative estimate of drug-likeness (QED) is 0.917. The summed E-state index contributed by atoms with van der Waals surface area (Å²) >= 11 is 0. The van der Waals surface area contributed by atoms with Gasteiger partial charge in [0.1, 0.15) is 5.75 Å². The highest BCUT2D eigenvalue weighted by Crippen LogP contribution is 2.30. The fraction of sp³-hybridized carbons (Fsp3) is 0.611. The molecule has 1 amide bonds. The molecule has 5 heteroatoms. The van der Waals surface area contributed by atoms with E-state index in [0.717, 1.165) is 44.8 Å². The van der Waals surface area contributed by atoms with Crippen molar-refractivity contribution in [1.82, 2.24) is 10.2 Å². The number of benzene rings is 1. The van der Waals surface area contributed by atoms with E-state index < -0.39 is 0 Å². The Kier molecular flexibility index (Phi) is 6.31. The van der Waals surface area contributed by atoms with Crippen LogP contribution in [0.2, 0.25) is 0 Å². The van der Waals surface area contributed by atoms with Crippen LogP contribution in [0.1, 0.15) is 31.2 Å². The third-order valence-corrected chi connectivity index (χ3v) is 5.30. The zero-order valence-corrected chi connectivity index (χ0v) is 14.8. The number of halogens is 1. The lowest BCUT2D eigenvalue weighted by Gasteiger charge is -2.38. The first-order valence-electron chi connectivity index (χ1n) is 8.32. The summed E-state index contributed by atoms with van der Waals surface area (Å²) in [6.07, 6.45) is 2.13. The van der Waals surface area contributed by atoms with Gasteiger partial charge in [0.2, 0.25) is 5.91 Å². The summed E-state index contributed by atoms with van der Waals surface area (Å²) in [6, 6.07) is 8.37. The van der Waals surface area contributed by atoms with E-state index in [1.54, 1.807) is 7.11 Å². The second-order valence-corrected chi connectivity index (χ2v) is 6.58. The molecule has 1 unspecified atom stereocenters. The minimum absolute atomic E-state index is 0.